The summed E-state index contributed by atoms with van der Waals surface area (Å²) in [5.41, 5.74) is 3.95. The molecule has 3 atom stereocenters. The van der Waals surface area contributed by atoms with Crippen LogP contribution < -0.4 is 5.56 Å². The average molecular weight is 495 g/mol. The second-order valence-electron chi connectivity index (χ2n) is 10.8. The number of hydrogen-bond donors (Lipinski definition) is 1. The Hall–Kier alpha value is -2.62. The number of nitrogens with zero attached hydrogens (tertiary/aromatic N) is 5. The number of nitrogens with one attached hydrogen (secondary N) is 1. The van der Waals surface area contributed by atoms with Crippen molar-refractivity contribution in [3.63, 3.8) is 0 Å². The Bertz CT molecular complexity index is 1240. The smallest absolute Gasteiger partial charge is 0.252 e. The molecular formula is C27H38N6O3. The third kappa shape index (κ3) is 5.38. The van der Waals surface area contributed by atoms with Gasteiger partial charge in [0.1, 0.15) is 0 Å². The number of aryl methyl sites for hydroxylation is 2. The number of pyridine rings is 1. The highest BCUT2D eigenvalue weighted by Gasteiger charge is 2.33. The Morgan fingerprint density at radius 2 is 1.81 bits per heavy atom. The number of aromatic amines is 1. The number of H-pyrrole nitrogens is 1. The number of fused-ring (bicyclic) bond motifs is 1. The van der Waals surface area contributed by atoms with Crippen LogP contribution >= 0.6 is 0 Å². The molecule has 2 saturated heterocycles. The lowest BCUT2D eigenvalue weighted by Gasteiger charge is -2.35. The van der Waals surface area contributed by atoms with Crippen LogP contribution in [0.2, 0.25) is 0 Å². The zero-order chi connectivity index (χ0) is 25.2. The van der Waals surface area contributed by atoms with E-state index >= 15 is 0 Å². The Balaban J connectivity index is 1.50. The zero-order valence-corrected chi connectivity index (χ0v) is 21.9. The van der Waals surface area contributed by atoms with Crippen molar-refractivity contribution in [3.8, 4) is 0 Å². The van der Waals surface area contributed by atoms with Crippen LogP contribution in [0.4, 0.5) is 0 Å². The first-order valence-electron chi connectivity index (χ1n) is 13.3. The van der Waals surface area contributed by atoms with Crippen molar-refractivity contribution >= 4 is 10.9 Å². The largest absolute Gasteiger partial charge is 0.377 e. The summed E-state index contributed by atoms with van der Waals surface area (Å²) in [6.45, 7) is 12.0. The summed E-state index contributed by atoms with van der Waals surface area (Å²) in [6, 6.07) is 6.17. The fraction of sp³-hybridized carbons (Fsp3) is 0.630. The first-order chi connectivity index (χ1) is 17.4. The molecule has 0 bridgehead atoms. The van der Waals surface area contributed by atoms with Gasteiger partial charge in [-0.05, 0) is 90.6 Å². The molecule has 0 saturated carbocycles. The van der Waals surface area contributed by atoms with E-state index in [2.05, 4.69) is 65.2 Å². The normalized spacial score (nSPS) is 21.3. The molecule has 5 rings (SSSR count). The minimum absolute atomic E-state index is 0.0513. The molecule has 2 fully saturated rings. The second-order valence-corrected chi connectivity index (χ2v) is 10.8. The van der Waals surface area contributed by atoms with E-state index in [9.17, 15) is 4.79 Å². The molecule has 4 heterocycles. The van der Waals surface area contributed by atoms with Gasteiger partial charge in [-0.3, -0.25) is 9.69 Å². The van der Waals surface area contributed by atoms with Crippen LogP contribution in [0.1, 0.15) is 68.1 Å². The standard InChI is InChI=1S/C27H38N6O3/c1-17(2)25(26-29-30-31-33(26)16-23-8-6-10-36-23)32(15-22-7-5-9-35-22)14-21-13-20-11-18(3)19(4)12-24(20)28-27(21)34/h11-13,17,22-23,25H,5-10,14-16H2,1-4H3,(H,28,34)/t22-,23+,25+/m0/s1. The summed E-state index contributed by atoms with van der Waals surface area (Å²) in [5.74, 6) is 1.05. The van der Waals surface area contributed by atoms with Crippen LogP contribution in [0.5, 0.6) is 0 Å². The predicted molar refractivity (Wildman–Crippen MR) is 138 cm³/mol. The molecule has 1 N–H and O–H groups in total. The molecule has 0 amide bonds. The van der Waals surface area contributed by atoms with Gasteiger partial charge in [0.15, 0.2) is 5.82 Å². The highest BCUT2D eigenvalue weighted by Crippen LogP contribution is 2.31. The van der Waals surface area contributed by atoms with E-state index in [1.54, 1.807) is 0 Å². The van der Waals surface area contributed by atoms with Gasteiger partial charge in [-0.25, -0.2) is 4.68 Å². The van der Waals surface area contributed by atoms with Crippen molar-refractivity contribution < 1.29 is 9.47 Å². The van der Waals surface area contributed by atoms with Crippen LogP contribution in [0.15, 0.2) is 23.0 Å². The van der Waals surface area contributed by atoms with Crippen LogP contribution in [0.25, 0.3) is 10.9 Å². The highest BCUT2D eigenvalue weighted by molar-refractivity contribution is 5.80. The van der Waals surface area contributed by atoms with Crippen LogP contribution in [-0.2, 0) is 22.6 Å². The Kier molecular flexibility index (Phi) is 7.50. The Morgan fingerprint density at radius 1 is 1.08 bits per heavy atom. The van der Waals surface area contributed by atoms with E-state index < -0.39 is 0 Å². The lowest BCUT2D eigenvalue weighted by Crippen LogP contribution is -2.40. The third-order valence-corrected chi connectivity index (χ3v) is 7.62. The van der Waals surface area contributed by atoms with E-state index in [1.165, 1.54) is 11.1 Å². The Morgan fingerprint density at radius 3 is 2.50 bits per heavy atom. The molecule has 2 aliphatic rings. The molecule has 0 radical (unpaired) electrons. The number of rotatable bonds is 9. The Labute approximate surface area is 212 Å². The first-order valence-corrected chi connectivity index (χ1v) is 13.3. The van der Waals surface area contributed by atoms with Crippen LogP contribution in [0, 0.1) is 19.8 Å². The maximum Gasteiger partial charge on any atom is 0.252 e. The lowest BCUT2D eigenvalue weighted by molar-refractivity contribution is 0.0365. The second kappa shape index (κ2) is 10.8. The molecule has 0 unspecified atom stereocenters. The molecule has 0 aliphatic carbocycles. The van der Waals surface area contributed by atoms with Crippen molar-refractivity contribution in [2.75, 3.05) is 19.8 Å². The molecule has 194 valence electrons. The number of aromatic nitrogens is 5. The predicted octanol–water partition coefficient (Wildman–Crippen LogP) is 3.69. The van der Waals surface area contributed by atoms with Gasteiger partial charge < -0.3 is 14.5 Å². The van der Waals surface area contributed by atoms with Crippen molar-refractivity contribution in [2.24, 2.45) is 5.92 Å². The third-order valence-electron chi connectivity index (χ3n) is 7.62. The molecule has 9 heteroatoms. The van der Waals surface area contributed by atoms with Gasteiger partial charge >= 0.3 is 0 Å². The topological polar surface area (TPSA) is 98.2 Å². The van der Waals surface area contributed by atoms with Gasteiger partial charge in [0.2, 0.25) is 0 Å². The summed E-state index contributed by atoms with van der Waals surface area (Å²) < 4.78 is 13.8. The fourth-order valence-corrected chi connectivity index (χ4v) is 5.60. The summed E-state index contributed by atoms with van der Waals surface area (Å²) in [5, 5.41) is 13.9. The van der Waals surface area contributed by atoms with Crippen molar-refractivity contribution in [1.82, 2.24) is 30.1 Å². The van der Waals surface area contributed by atoms with Crippen LogP contribution in [-0.4, -0.2) is 62.1 Å². The molecule has 9 nitrogen and oxygen atoms in total. The van der Waals surface area contributed by atoms with E-state index in [4.69, 9.17) is 9.47 Å². The quantitative estimate of drug-likeness (QED) is 0.484. The fourth-order valence-electron chi connectivity index (χ4n) is 5.60. The van der Waals surface area contributed by atoms with Crippen molar-refractivity contribution in [1.29, 1.82) is 0 Å². The van der Waals surface area contributed by atoms with Gasteiger partial charge in [-0.1, -0.05) is 13.8 Å². The number of benzene rings is 1. The molecular weight excluding hydrogens is 456 g/mol. The van der Waals surface area contributed by atoms with E-state index in [1.807, 2.05) is 10.7 Å². The van der Waals surface area contributed by atoms with E-state index in [-0.39, 0.29) is 29.7 Å². The summed E-state index contributed by atoms with van der Waals surface area (Å²) in [4.78, 5) is 18.7. The van der Waals surface area contributed by atoms with E-state index in [0.717, 1.165) is 67.7 Å². The molecule has 2 aliphatic heterocycles. The molecule has 3 aromatic rings. The maximum atomic E-state index is 13.2. The van der Waals surface area contributed by atoms with E-state index in [0.29, 0.717) is 13.1 Å². The van der Waals surface area contributed by atoms with Gasteiger partial charge in [0.05, 0.1) is 24.8 Å². The van der Waals surface area contributed by atoms with Crippen molar-refractivity contribution in [2.45, 2.75) is 84.7 Å². The minimum Gasteiger partial charge on any atom is -0.377 e. The highest BCUT2D eigenvalue weighted by atomic mass is 16.5. The maximum absolute atomic E-state index is 13.2. The van der Waals surface area contributed by atoms with Gasteiger partial charge in [-0.2, -0.15) is 0 Å². The first kappa shape index (κ1) is 25.0. The molecule has 36 heavy (non-hydrogen) atoms. The monoisotopic (exact) mass is 494 g/mol. The van der Waals surface area contributed by atoms with Crippen LogP contribution in [0.3, 0.4) is 0 Å². The molecule has 1 aromatic carbocycles. The number of tetrazole rings is 1. The molecule has 2 aromatic heterocycles. The van der Waals surface area contributed by atoms with Crippen molar-refractivity contribution in [3.05, 3.63) is 51.1 Å². The number of ether oxygens (including phenoxy) is 2. The van der Waals surface area contributed by atoms with Gasteiger partial charge in [0.25, 0.3) is 5.56 Å². The van der Waals surface area contributed by atoms with Gasteiger partial charge in [-0.15, -0.1) is 5.10 Å². The zero-order valence-electron chi connectivity index (χ0n) is 21.9. The lowest BCUT2D eigenvalue weighted by atomic mass is 9.99. The summed E-state index contributed by atoms with van der Waals surface area (Å²) >= 11 is 0. The van der Waals surface area contributed by atoms with Gasteiger partial charge in [0, 0.05) is 37.4 Å². The molecule has 0 spiro atoms. The SMILES string of the molecule is Cc1cc2cc(CN(C[C@@H]3CCCO3)[C@@H](c3nnnn3C[C@H]3CCCO3)C(C)C)c(=O)[nH]c2cc1C. The summed E-state index contributed by atoms with van der Waals surface area (Å²) in [6.07, 6.45) is 4.46. The summed E-state index contributed by atoms with van der Waals surface area (Å²) in [7, 11) is 0. The minimum atomic E-state index is -0.0690. The number of hydrogen-bond acceptors (Lipinski definition) is 7. The average Bonchev–Trinajstić information content (AvgIpc) is 3.61.